The van der Waals surface area contributed by atoms with Crippen molar-refractivity contribution in [2.24, 2.45) is 11.3 Å². The van der Waals surface area contributed by atoms with Crippen LogP contribution in [0.15, 0.2) is 46.9 Å². The van der Waals surface area contributed by atoms with E-state index in [0.29, 0.717) is 5.75 Å². The lowest BCUT2D eigenvalue weighted by Crippen LogP contribution is -2.17. The zero-order valence-corrected chi connectivity index (χ0v) is 16.0. The molecule has 0 saturated heterocycles. The van der Waals surface area contributed by atoms with Gasteiger partial charge in [-0.15, -0.1) is 0 Å². The molecule has 2 aromatic carbocycles. The number of hydrogen-bond acceptors (Lipinski definition) is 2. The Kier molecular flexibility index (Phi) is 4.43. The van der Waals surface area contributed by atoms with Crippen LogP contribution in [0.3, 0.4) is 0 Å². The lowest BCUT2D eigenvalue weighted by Gasteiger charge is -2.11. The van der Waals surface area contributed by atoms with Gasteiger partial charge in [-0.1, -0.05) is 48.0 Å². The minimum Gasteiger partial charge on any atom is -0.495 e. The monoisotopic (exact) mass is 387 g/mol. The highest BCUT2D eigenvalue weighted by Gasteiger charge is 2.62. The second-order valence-electron chi connectivity index (χ2n) is 7.02. The number of carbonyl (C=O) groups excluding carboxylic acids is 1. The van der Waals surface area contributed by atoms with Gasteiger partial charge < -0.3 is 10.1 Å². The van der Waals surface area contributed by atoms with Crippen molar-refractivity contribution >= 4 is 27.5 Å². The number of methoxy groups -OCH3 is 1. The molecule has 1 aliphatic carbocycles. The number of rotatable bonds is 4. The van der Waals surface area contributed by atoms with Crippen molar-refractivity contribution in [1.82, 2.24) is 0 Å². The summed E-state index contributed by atoms with van der Waals surface area (Å²) in [6, 6.07) is 14.1. The number of anilines is 1. The first-order valence-electron chi connectivity index (χ1n) is 8.05. The molecule has 1 aliphatic rings. The standard InChI is InChI=1S/C20H22BrNO2/c1-12-5-10-16(24-4)15(11-12)22-19(23)18-17(20(18,2)3)13-6-8-14(21)9-7-13/h5-11,17-18H,1-4H3,(H,22,23)/t17-,18+/m1/s1. The lowest BCUT2D eigenvalue weighted by atomic mass is 10.0. The number of benzene rings is 2. The number of hydrogen-bond donors (Lipinski definition) is 1. The number of carbonyl (C=O) groups is 1. The van der Waals surface area contributed by atoms with Crippen LogP contribution in [0.25, 0.3) is 0 Å². The average Bonchev–Trinajstić information content (AvgIpc) is 3.11. The molecule has 1 amide bonds. The first-order chi connectivity index (χ1) is 11.3. The van der Waals surface area contributed by atoms with Crippen LogP contribution in [-0.4, -0.2) is 13.0 Å². The van der Waals surface area contributed by atoms with Crippen molar-refractivity contribution in [3.05, 3.63) is 58.1 Å². The first-order valence-corrected chi connectivity index (χ1v) is 8.85. The third kappa shape index (κ3) is 3.07. The van der Waals surface area contributed by atoms with Gasteiger partial charge in [0.05, 0.1) is 18.7 Å². The van der Waals surface area contributed by atoms with E-state index in [1.165, 1.54) is 5.56 Å². The molecule has 1 saturated carbocycles. The van der Waals surface area contributed by atoms with E-state index in [2.05, 4.69) is 47.2 Å². The molecule has 2 aromatic rings. The molecule has 0 unspecified atom stereocenters. The molecule has 0 spiro atoms. The summed E-state index contributed by atoms with van der Waals surface area (Å²) in [5, 5.41) is 3.06. The number of halogens is 1. The maximum atomic E-state index is 12.8. The fraction of sp³-hybridized carbons (Fsp3) is 0.350. The van der Waals surface area contributed by atoms with Crippen LogP contribution in [0.4, 0.5) is 5.69 Å². The highest BCUT2D eigenvalue weighted by molar-refractivity contribution is 9.10. The zero-order chi connectivity index (χ0) is 17.5. The van der Waals surface area contributed by atoms with Gasteiger partial charge in [0.15, 0.2) is 0 Å². The van der Waals surface area contributed by atoms with Gasteiger partial charge in [-0.3, -0.25) is 4.79 Å². The summed E-state index contributed by atoms with van der Waals surface area (Å²) in [5.41, 5.74) is 2.99. The van der Waals surface area contributed by atoms with Crippen LogP contribution >= 0.6 is 15.9 Å². The minimum absolute atomic E-state index is 0.0381. The van der Waals surface area contributed by atoms with E-state index >= 15 is 0 Å². The number of amides is 1. The molecule has 1 fully saturated rings. The summed E-state index contributed by atoms with van der Waals surface area (Å²) in [4.78, 5) is 12.8. The second kappa shape index (κ2) is 6.25. The Balaban J connectivity index is 1.81. The van der Waals surface area contributed by atoms with Crippen molar-refractivity contribution < 1.29 is 9.53 Å². The molecular weight excluding hydrogens is 366 g/mol. The van der Waals surface area contributed by atoms with E-state index in [9.17, 15) is 4.79 Å². The van der Waals surface area contributed by atoms with Gasteiger partial charge in [0.25, 0.3) is 0 Å². The highest BCUT2D eigenvalue weighted by Crippen LogP contribution is 2.64. The topological polar surface area (TPSA) is 38.3 Å². The fourth-order valence-electron chi connectivity index (χ4n) is 3.55. The SMILES string of the molecule is COc1ccc(C)cc1NC(=O)[C@@H]1[C@@H](c2ccc(Br)cc2)C1(C)C. The van der Waals surface area contributed by atoms with Crippen LogP contribution in [-0.2, 0) is 4.79 Å². The number of nitrogens with one attached hydrogen (secondary N) is 1. The molecule has 0 radical (unpaired) electrons. The smallest absolute Gasteiger partial charge is 0.228 e. The molecular formula is C20H22BrNO2. The van der Waals surface area contributed by atoms with Gasteiger partial charge >= 0.3 is 0 Å². The average molecular weight is 388 g/mol. The van der Waals surface area contributed by atoms with Crippen LogP contribution in [0, 0.1) is 18.3 Å². The third-order valence-corrected chi connectivity index (χ3v) is 5.48. The molecule has 4 heteroatoms. The predicted molar refractivity (Wildman–Crippen MR) is 101 cm³/mol. The second-order valence-corrected chi connectivity index (χ2v) is 7.94. The predicted octanol–water partition coefficient (Wildman–Crippen LogP) is 5.14. The summed E-state index contributed by atoms with van der Waals surface area (Å²) in [6.07, 6.45) is 0. The van der Waals surface area contributed by atoms with E-state index in [1.54, 1.807) is 7.11 Å². The maximum Gasteiger partial charge on any atom is 0.228 e. The summed E-state index contributed by atoms with van der Waals surface area (Å²) in [6.45, 7) is 6.30. The lowest BCUT2D eigenvalue weighted by molar-refractivity contribution is -0.118. The normalized spacial score (nSPS) is 21.2. The van der Waals surface area contributed by atoms with E-state index in [4.69, 9.17) is 4.74 Å². The Morgan fingerprint density at radius 1 is 1.17 bits per heavy atom. The summed E-state index contributed by atoms with van der Waals surface area (Å²) >= 11 is 3.46. The largest absolute Gasteiger partial charge is 0.495 e. The zero-order valence-electron chi connectivity index (χ0n) is 14.4. The van der Waals surface area contributed by atoms with Gasteiger partial charge in [-0.05, 0) is 47.7 Å². The molecule has 3 nitrogen and oxygen atoms in total. The van der Waals surface area contributed by atoms with Crippen molar-refractivity contribution in [2.75, 3.05) is 12.4 Å². The third-order valence-electron chi connectivity index (χ3n) is 4.95. The van der Waals surface area contributed by atoms with E-state index in [1.807, 2.05) is 37.3 Å². The first kappa shape index (κ1) is 17.0. The van der Waals surface area contributed by atoms with Crippen molar-refractivity contribution in [1.29, 1.82) is 0 Å². The minimum atomic E-state index is -0.0467. The molecule has 3 rings (SSSR count). The molecule has 126 valence electrons. The van der Waals surface area contributed by atoms with Gasteiger partial charge in [0.1, 0.15) is 5.75 Å². The van der Waals surface area contributed by atoms with Crippen molar-refractivity contribution in [2.45, 2.75) is 26.7 Å². The Morgan fingerprint density at radius 2 is 1.83 bits per heavy atom. The molecule has 2 atom stereocenters. The van der Waals surface area contributed by atoms with Crippen molar-refractivity contribution in [3.63, 3.8) is 0 Å². The molecule has 24 heavy (non-hydrogen) atoms. The molecule has 0 aliphatic heterocycles. The van der Waals surface area contributed by atoms with Crippen LogP contribution in [0.5, 0.6) is 5.75 Å². The van der Waals surface area contributed by atoms with Gasteiger partial charge in [-0.25, -0.2) is 0 Å². The van der Waals surface area contributed by atoms with Crippen molar-refractivity contribution in [3.8, 4) is 5.75 Å². The number of ether oxygens (including phenoxy) is 1. The quantitative estimate of drug-likeness (QED) is 0.787. The molecule has 1 N–H and O–H groups in total. The number of aryl methyl sites for hydroxylation is 1. The Labute approximate surface area is 151 Å². The van der Waals surface area contributed by atoms with Crippen LogP contribution in [0.1, 0.15) is 30.9 Å². The summed E-state index contributed by atoms with van der Waals surface area (Å²) in [7, 11) is 1.62. The van der Waals surface area contributed by atoms with Gasteiger partial charge in [0, 0.05) is 10.4 Å². The van der Waals surface area contributed by atoms with Crippen LogP contribution < -0.4 is 10.1 Å². The van der Waals surface area contributed by atoms with E-state index in [-0.39, 0.29) is 23.2 Å². The molecule has 0 aromatic heterocycles. The van der Waals surface area contributed by atoms with Gasteiger partial charge in [-0.2, -0.15) is 0 Å². The summed E-state index contributed by atoms with van der Waals surface area (Å²) in [5.74, 6) is 0.940. The van der Waals surface area contributed by atoms with E-state index < -0.39 is 0 Å². The van der Waals surface area contributed by atoms with E-state index in [0.717, 1.165) is 15.7 Å². The summed E-state index contributed by atoms with van der Waals surface area (Å²) < 4.78 is 6.41. The Hall–Kier alpha value is -1.81. The molecule has 0 bridgehead atoms. The fourth-order valence-corrected chi connectivity index (χ4v) is 3.81. The molecule has 0 heterocycles. The van der Waals surface area contributed by atoms with Crippen LogP contribution in [0.2, 0.25) is 0 Å². The Morgan fingerprint density at radius 3 is 2.46 bits per heavy atom. The Bertz CT molecular complexity index is 768. The highest BCUT2D eigenvalue weighted by atomic mass is 79.9. The van der Waals surface area contributed by atoms with Gasteiger partial charge in [0.2, 0.25) is 5.91 Å². The maximum absolute atomic E-state index is 12.8.